The van der Waals surface area contributed by atoms with Gasteiger partial charge in [-0.1, -0.05) is 18.2 Å². The molecule has 1 N–H and O–H groups in total. The average Bonchev–Trinajstić information content (AvgIpc) is 2.63. The fourth-order valence-electron chi connectivity index (χ4n) is 1.64. The molecule has 0 saturated carbocycles. The van der Waals surface area contributed by atoms with Gasteiger partial charge in [0.25, 0.3) is 0 Å². The molecule has 1 aliphatic rings. The maximum absolute atomic E-state index is 4.05. The van der Waals surface area contributed by atoms with E-state index in [1.807, 2.05) is 11.6 Å². The van der Waals surface area contributed by atoms with E-state index in [0.29, 0.717) is 6.04 Å². The third kappa shape index (κ3) is 2.48. The molecule has 2 heterocycles. The molecule has 14 heavy (non-hydrogen) atoms. The molecule has 0 amide bonds. The zero-order chi connectivity index (χ0) is 9.80. The largest absolute Gasteiger partial charge is 0.313 e. The van der Waals surface area contributed by atoms with Gasteiger partial charge in [-0.25, -0.2) is 0 Å². The van der Waals surface area contributed by atoms with Crippen LogP contribution in [0.4, 0.5) is 0 Å². The van der Waals surface area contributed by atoms with Crippen LogP contribution in [-0.4, -0.2) is 33.1 Å². The van der Waals surface area contributed by atoms with E-state index in [2.05, 4.69) is 15.5 Å². The molecule has 1 saturated heterocycles. The monoisotopic (exact) mass is 212 g/mol. The van der Waals surface area contributed by atoms with Gasteiger partial charge < -0.3 is 9.88 Å². The zero-order valence-electron chi connectivity index (χ0n) is 8.44. The smallest absolute Gasteiger partial charge is 0.190 e. The number of hydrogen-bond acceptors (Lipinski definition) is 4. The minimum Gasteiger partial charge on any atom is -0.313 e. The number of hydrogen-bond donors (Lipinski definition) is 1. The highest BCUT2D eigenvalue weighted by Gasteiger charge is 2.13. The second-order valence-electron chi connectivity index (χ2n) is 3.68. The van der Waals surface area contributed by atoms with Crippen molar-refractivity contribution in [2.75, 3.05) is 12.3 Å². The Kier molecular flexibility index (Phi) is 3.42. The lowest BCUT2D eigenvalue weighted by Gasteiger charge is -2.22. The van der Waals surface area contributed by atoms with Gasteiger partial charge in [0, 0.05) is 18.8 Å². The van der Waals surface area contributed by atoms with Crippen molar-refractivity contribution < 1.29 is 0 Å². The molecule has 0 bridgehead atoms. The van der Waals surface area contributed by atoms with Crippen LogP contribution in [0.1, 0.15) is 19.3 Å². The second kappa shape index (κ2) is 4.79. The molecule has 0 aliphatic carbocycles. The highest BCUT2D eigenvalue weighted by Crippen LogP contribution is 2.18. The van der Waals surface area contributed by atoms with Crippen LogP contribution in [0.2, 0.25) is 0 Å². The molecule has 0 spiro atoms. The Morgan fingerprint density at radius 3 is 3.21 bits per heavy atom. The number of thioether (sulfide) groups is 1. The summed E-state index contributed by atoms with van der Waals surface area (Å²) in [6, 6.07) is 0.658. The van der Waals surface area contributed by atoms with Gasteiger partial charge in [0.2, 0.25) is 0 Å². The molecule has 0 aromatic carbocycles. The SMILES string of the molecule is Cn1cnnc1SC[C@@H]1CCCCN1. The van der Waals surface area contributed by atoms with Crippen molar-refractivity contribution in [1.29, 1.82) is 0 Å². The summed E-state index contributed by atoms with van der Waals surface area (Å²) in [5.74, 6) is 1.10. The predicted octanol–water partition coefficient (Wildman–Crippen LogP) is 1.05. The number of aromatic nitrogens is 3. The summed E-state index contributed by atoms with van der Waals surface area (Å²) in [4.78, 5) is 0. The van der Waals surface area contributed by atoms with Crippen molar-refractivity contribution in [3.8, 4) is 0 Å². The summed E-state index contributed by atoms with van der Waals surface area (Å²) in [5, 5.41) is 12.4. The highest BCUT2D eigenvalue weighted by molar-refractivity contribution is 7.99. The number of rotatable bonds is 3. The van der Waals surface area contributed by atoms with E-state index < -0.39 is 0 Å². The van der Waals surface area contributed by atoms with Gasteiger partial charge in [-0.3, -0.25) is 0 Å². The standard InChI is InChI=1S/C9H16N4S/c1-13-7-11-12-9(13)14-6-8-4-2-3-5-10-8/h7-8,10H,2-6H2,1H3/t8-/m0/s1. The van der Waals surface area contributed by atoms with Gasteiger partial charge in [0.1, 0.15) is 6.33 Å². The summed E-state index contributed by atoms with van der Waals surface area (Å²) in [6.07, 6.45) is 5.73. The Bertz CT molecular complexity index is 280. The quantitative estimate of drug-likeness (QED) is 0.761. The lowest BCUT2D eigenvalue weighted by atomic mass is 10.1. The first kappa shape index (κ1) is 9.98. The van der Waals surface area contributed by atoms with Gasteiger partial charge >= 0.3 is 0 Å². The number of nitrogens with zero attached hydrogens (tertiary/aromatic N) is 3. The van der Waals surface area contributed by atoms with Gasteiger partial charge in [-0.2, -0.15) is 0 Å². The van der Waals surface area contributed by atoms with Gasteiger partial charge in [-0.15, -0.1) is 10.2 Å². The van der Waals surface area contributed by atoms with E-state index in [1.54, 1.807) is 18.1 Å². The minimum absolute atomic E-state index is 0.658. The minimum atomic E-state index is 0.658. The van der Waals surface area contributed by atoms with E-state index in [4.69, 9.17) is 0 Å². The number of nitrogens with one attached hydrogen (secondary N) is 1. The van der Waals surface area contributed by atoms with E-state index in [1.165, 1.54) is 25.8 Å². The number of piperidine rings is 1. The summed E-state index contributed by atoms with van der Waals surface area (Å²) in [7, 11) is 1.98. The van der Waals surface area contributed by atoms with E-state index in [-0.39, 0.29) is 0 Å². The molecule has 4 nitrogen and oxygen atoms in total. The zero-order valence-corrected chi connectivity index (χ0v) is 9.26. The fraction of sp³-hybridized carbons (Fsp3) is 0.778. The first-order valence-electron chi connectivity index (χ1n) is 5.06. The molecule has 2 rings (SSSR count). The van der Waals surface area contributed by atoms with Crippen molar-refractivity contribution in [2.45, 2.75) is 30.5 Å². The third-order valence-corrected chi connectivity index (χ3v) is 3.69. The first-order chi connectivity index (χ1) is 6.86. The van der Waals surface area contributed by atoms with Crippen LogP contribution in [0.15, 0.2) is 11.5 Å². The van der Waals surface area contributed by atoms with E-state index in [0.717, 1.165) is 10.9 Å². The third-order valence-electron chi connectivity index (χ3n) is 2.50. The van der Waals surface area contributed by atoms with Crippen LogP contribution in [-0.2, 0) is 7.05 Å². The second-order valence-corrected chi connectivity index (χ2v) is 4.67. The van der Waals surface area contributed by atoms with Crippen molar-refractivity contribution in [3.05, 3.63) is 6.33 Å². The Labute approximate surface area is 88.5 Å². The molecule has 1 aliphatic heterocycles. The fourth-order valence-corrected chi connectivity index (χ4v) is 2.64. The first-order valence-corrected chi connectivity index (χ1v) is 6.05. The number of aryl methyl sites for hydroxylation is 1. The Morgan fingerprint density at radius 1 is 1.64 bits per heavy atom. The van der Waals surface area contributed by atoms with Crippen LogP contribution < -0.4 is 5.32 Å². The van der Waals surface area contributed by atoms with Crippen molar-refractivity contribution in [1.82, 2.24) is 20.1 Å². The maximum atomic E-state index is 4.05. The van der Waals surface area contributed by atoms with Gasteiger partial charge in [-0.05, 0) is 19.4 Å². The normalized spacial score (nSPS) is 22.5. The van der Waals surface area contributed by atoms with E-state index >= 15 is 0 Å². The van der Waals surface area contributed by atoms with Crippen LogP contribution in [0.5, 0.6) is 0 Å². The molecule has 78 valence electrons. The molecule has 1 fully saturated rings. The van der Waals surface area contributed by atoms with Crippen molar-refractivity contribution >= 4 is 11.8 Å². The van der Waals surface area contributed by atoms with Crippen LogP contribution in [0, 0.1) is 0 Å². The molecule has 0 unspecified atom stereocenters. The Balaban J connectivity index is 1.79. The van der Waals surface area contributed by atoms with Crippen LogP contribution >= 0.6 is 11.8 Å². The maximum Gasteiger partial charge on any atom is 0.190 e. The molecule has 0 radical (unpaired) electrons. The van der Waals surface area contributed by atoms with Crippen molar-refractivity contribution in [2.24, 2.45) is 7.05 Å². The van der Waals surface area contributed by atoms with Gasteiger partial charge in [0.15, 0.2) is 5.16 Å². The van der Waals surface area contributed by atoms with Crippen LogP contribution in [0.25, 0.3) is 0 Å². The molecule has 1 atom stereocenters. The summed E-state index contributed by atoms with van der Waals surface area (Å²) in [6.45, 7) is 1.17. The summed E-state index contributed by atoms with van der Waals surface area (Å²) < 4.78 is 1.97. The molecule has 1 aromatic heterocycles. The Morgan fingerprint density at radius 2 is 2.57 bits per heavy atom. The molecule has 5 heteroatoms. The molecular weight excluding hydrogens is 196 g/mol. The lowest BCUT2D eigenvalue weighted by molar-refractivity contribution is 0.429. The highest BCUT2D eigenvalue weighted by atomic mass is 32.2. The lowest BCUT2D eigenvalue weighted by Crippen LogP contribution is -2.35. The van der Waals surface area contributed by atoms with Crippen molar-refractivity contribution in [3.63, 3.8) is 0 Å². The Hall–Kier alpha value is -0.550. The van der Waals surface area contributed by atoms with E-state index in [9.17, 15) is 0 Å². The molecule has 1 aromatic rings. The summed E-state index contributed by atoms with van der Waals surface area (Å²) >= 11 is 1.79. The van der Waals surface area contributed by atoms with Crippen LogP contribution in [0.3, 0.4) is 0 Å². The molecular formula is C9H16N4S. The van der Waals surface area contributed by atoms with Gasteiger partial charge in [0.05, 0.1) is 0 Å². The predicted molar refractivity (Wildman–Crippen MR) is 57.4 cm³/mol. The average molecular weight is 212 g/mol. The topological polar surface area (TPSA) is 42.7 Å². The summed E-state index contributed by atoms with van der Waals surface area (Å²) in [5.41, 5.74) is 0.